The van der Waals surface area contributed by atoms with Crippen LogP contribution < -0.4 is 10.2 Å². The van der Waals surface area contributed by atoms with Crippen molar-refractivity contribution in [3.8, 4) is 11.1 Å². The second-order valence-electron chi connectivity index (χ2n) is 8.63. The minimum absolute atomic E-state index is 0.147. The Morgan fingerprint density at radius 2 is 1.48 bits per heavy atom. The predicted octanol–water partition coefficient (Wildman–Crippen LogP) is 5.53. The van der Waals surface area contributed by atoms with Crippen molar-refractivity contribution >= 4 is 23.1 Å². The first-order valence-electron chi connectivity index (χ1n) is 10.9. The molecule has 0 aliphatic heterocycles. The lowest BCUT2D eigenvalue weighted by Crippen LogP contribution is -2.22. The minimum Gasteiger partial charge on any atom is -0.436 e. The fourth-order valence-corrected chi connectivity index (χ4v) is 4.68. The van der Waals surface area contributed by atoms with Gasteiger partial charge in [0.2, 0.25) is 11.7 Å². The maximum absolute atomic E-state index is 13.5. The molecule has 1 saturated carbocycles. The number of ketones is 2. The second-order valence-corrected chi connectivity index (χ2v) is 8.63. The van der Waals surface area contributed by atoms with Gasteiger partial charge in [-0.15, -0.1) is 0 Å². The molecule has 1 N–H and O–H groups in total. The Labute approximate surface area is 182 Å². The molecule has 3 aromatic rings. The third kappa shape index (κ3) is 3.34. The molecule has 2 aromatic carbocycles. The highest BCUT2D eigenvalue weighted by molar-refractivity contribution is 6.30. The van der Waals surface area contributed by atoms with Crippen LogP contribution in [0.2, 0.25) is 0 Å². The van der Waals surface area contributed by atoms with Gasteiger partial charge in [-0.1, -0.05) is 55.7 Å². The topological polar surface area (TPSA) is 62.6 Å². The van der Waals surface area contributed by atoms with Crippen LogP contribution in [0.25, 0.3) is 11.1 Å². The lowest BCUT2D eigenvalue weighted by Gasteiger charge is -2.23. The third-order valence-electron chi connectivity index (χ3n) is 6.37. The quantitative estimate of drug-likeness (QED) is 0.476. The van der Waals surface area contributed by atoms with Gasteiger partial charge in [0.1, 0.15) is 0 Å². The summed E-state index contributed by atoms with van der Waals surface area (Å²) >= 11 is 0. The first kappa shape index (κ1) is 19.6. The van der Waals surface area contributed by atoms with Crippen LogP contribution in [0.5, 0.6) is 0 Å². The van der Waals surface area contributed by atoms with Gasteiger partial charge < -0.3 is 14.6 Å². The van der Waals surface area contributed by atoms with Crippen molar-refractivity contribution in [1.82, 2.24) is 0 Å². The fraction of sp³-hybridized carbons (Fsp3) is 0.308. The van der Waals surface area contributed by atoms with Crippen LogP contribution in [0.15, 0.2) is 52.9 Å². The van der Waals surface area contributed by atoms with Crippen molar-refractivity contribution in [2.75, 3.05) is 24.3 Å². The van der Waals surface area contributed by atoms with Crippen LogP contribution in [-0.4, -0.2) is 31.7 Å². The maximum atomic E-state index is 13.5. The SMILES string of the molecule is CN(C)c1ccc(-c2c(NC3CCCCC3)oc3c2C(=O)c2ccccc2C3=O)cc1. The van der Waals surface area contributed by atoms with Crippen molar-refractivity contribution in [2.24, 2.45) is 0 Å². The zero-order chi connectivity index (χ0) is 21.5. The molecule has 0 spiro atoms. The molecule has 0 amide bonds. The molecular formula is C26H26N2O3. The van der Waals surface area contributed by atoms with E-state index in [1.54, 1.807) is 24.3 Å². The van der Waals surface area contributed by atoms with Crippen molar-refractivity contribution in [3.05, 3.63) is 71.0 Å². The van der Waals surface area contributed by atoms with Gasteiger partial charge in [0.15, 0.2) is 11.5 Å². The van der Waals surface area contributed by atoms with Gasteiger partial charge >= 0.3 is 0 Å². The van der Waals surface area contributed by atoms with Gasteiger partial charge in [0.25, 0.3) is 0 Å². The number of fused-ring (bicyclic) bond motifs is 2. The molecule has 0 radical (unpaired) electrons. The number of nitrogens with zero attached hydrogens (tertiary/aromatic N) is 1. The van der Waals surface area contributed by atoms with E-state index < -0.39 is 0 Å². The van der Waals surface area contributed by atoms with E-state index in [1.165, 1.54) is 19.3 Å². The molecule has 31 heavy (non-hydrogen) atoms. The van der Waals surface area contributed by atoms with Gasteiger partial charge in [-0.25, -0.2) is 0 Å². The zero-order valence-electron chi connectivity index (χ0n) is 17.9. The molecule has 2 aliphatic rings. The van der Waals surface area contributed by atoms with Gasteiger partial charge in [-0.2, -0.15) is 0 Å². The van der Waals surface area contributed by atoms with E-state index in [9.17, 15) is 9.59 Å². The first-order valence-corrected chi connectivity index (χ1v) is 10.9. The average Bonchev–Trinajstić information content (AvgIpc) is 3.17. The third-order valence-corrected chi connectivity index (χ3v) is 6.37. The number of furan rings is 1. The van der Waals surface area contributed by atoms with Crippen LogP contribution in [0.4, 0.5) is 11.6 Å². The minimum atomic E-state index is -0.229. The van der Waals surface area contributed by atoms with E-state index in [4.69, 9.17) is 4.42 Å². The van der Waals surface area contributed by atoms with Crippen LogP contribution in [0, 0.1) is 0 Å². The van der Waals surface area contributed by atoms with Gasteiger partial charge in [0.05, 0.1) is 11.1 Å². The number of anilines is 2. The van der Waals surface area contributed by atoms with Gasteiger partial charge in [-0.05, 0) is 30.5 Å². The van der Waals surface area contributed by atoms with Crippen LogP contribution in [0.3, 0.4) is 0 Å². The largest absolute Gasteiger partial charge is 0.436 e. The molecule has 158 valence electrons. The monoisotopic (exact) mass is 414 g/mol. The Morgan fingerprint density at radius 1 is 0.839 bits per heavy atom. The number of nitrogens with one attached hydrogen (secondary N) is 1. The van der Waals surface area contributed by atoms with E-state index in [2.05, 4.69) is 5.32 Å². The highest BCUT2D eigenvalue weighted by atomic mass is 16.4. The summed E-state index contributed by atoms with van der Waals surface area (Å²) < 4.78 is 6.12. The average molecular weight is 415 g/mol. The molecular weight excluding hydrogens is 388 g/mol. The highest BCUT2D eigenvalue weighted by Crippen LogP contribution is 2.43. The number of rotatable bonds is 4. The van der Waals surface area contributed by atoms with Crippen LogP contribution in [-0.2, 0) is 0 Å². The predicted molar refractivity (Wildman–Crippen MR) is 122 cm³/mol. The van der Waals surface area contributed by atoms with Crippen molar-refractivity contribution in [1.29, 1.82) is 0 Å². The Bertz CT molecular complexity index is 1150. The molecule has 1 aromatic heterocycles. The van der Waals surface area contributed by atoms with Crippen LogP contribution >= 0.6 is 0 Å². The molecule has 1 fully saturated rings. The Balaban J connectivity index is 1.66. The standard InChI is InChI=1S/C26H26N2O3/c1-28(2)18-14-12-16(13-15-18)21-22-23(29)19-10-6-7-11-20(19)24(30)25(22)31-26(21)27-17-8-4-3-5-9-17/h6-7,10-15,17,27H,3-5,8-9H2,1-2H3. The normalized spacial score (nSPS) is 16.1. The van der Waals surface area contributed by atoms with Crippen molar-refractivity contribution < 1.29 is 14.0 Å². The molecule has 0 bridgehead atoms. The van der Waals surface area contributed by atoms with Gasteiger partial charge in [0, 0.05) is 37.0 Å². The van der Waals surface area contributed by atoms with E-state index in [1.807, 2.05) is 43.3 Å². The fourth-order valence-electron chi connectivity index (χ4n) is 4.68. The zero-order valence-corrected chi connectivity index (χ0v) is 17.9. The Kier molecular flexibility index (Phi) is 4.89. The van der Waals surface area contributed by atoms with E-state index in [-0.39, 0.29) is 23.4 Å². The Morgan fingerprint density at radius 3 is 2.13 bits per heavy atom. The molecule has 0 unspecified atom stereocenters. The summed E-state index contributed by atoms with van der Waals surface area (Å²) in [5.41, 5.74) is 3.85. The van der Waals surface area contributed by atoms with E-state index in [0.717, 1.165) is 24.1 Å². The highest BCUT2D eigenvalue weighted by Gasteiger charge is 2.38. The molecule has 0 saturated heterocycles. The number of hydrogen-bond acceptors (Lipinski definition) is 5. The summed E-state index contributed by atoms with van der Waals surface area (Å²) in [4.78, 5) is 28.7. The number of hydrogen-bond donors (Lipinski definition) is 1. The molecule has 0 atom stereocenters. The lowest BCUT2D eigenvalue weighted by atomic mass is 9.85. The maximum Gasteiger partial charge on any atom is 0.229 e. The number of carbonyl (C=O) groups is 2. The van der Waals surface area contributed by atoms with E-state index in [0.29, 0.717) is 28.1 Å². The summed E-state index contributed by atoms with van der Waals surface area (Å²) in [6, 6.07) is 15.3. The number of carbonyl (C=O) groups excluding carboxylic acids is 2. The van der Waals surface area contributed by atoms with Crippen LogP contribution in [0.1, 0.15) is 64.1 Å². The molecule has 2 aliphatic carbocycles. The summed E-state index contributed by atoms with van der Waals surface area (Å²) in [6.07, 6.45) is 5.72. The summed E-state index contributed by atoms with van der Waals surface area (Å²) in [7, 11) is 3.98. The second kappa shape index (κ2) is 7.73. The summed E-state index contributed by atoms with van der Waals surface area (Å²) in [6.45, 7) is 0. The summed E-state index contributed by atoms with van der Waals surface area (Å²) in [5, 5.41) is 3.53. The van der Waals surface area contributed by atoms with Gasteiger partial charge in [-0.3, -0.25) is 9.59 Å². The van der Waals surface area contributed by atoms with Crippen molar-refractivity contribution in [2.45, 2.75) is 38.1 Å². The Hall–Kier alpha value is -3.34. The molecule has 1 heterocycles. The molecule has 5 nitrogen and oxygen atoms in total. The lowest BCUT2D eigenvalue weighted by molar-refractivity contribution is 0.0961. The van der Waals surface area contributed by atoms with E-state index >= 15 is 0 Å². The smallest absolute Gasteiger partial charge is 0.229 e. The molecule has 5 rings (SSSR count). The van der Waals surface area contributed by atoms with Crippen molar-refractivity contribution in [3.63, 3.8) is 0 Å². The first-order chi connectivity index (χ1) is 15.0. The molecule has 5 heteroatoms. The number of benzene rings is 2. The summed E-state index contributed by atoms with van der Waals surface area (Å²) in [5.74, 6) is 0.295.